The molecule has 1 heteroatoms. The molecule has 0 radical (unpaired) electrons. The Morgan fingerprint density at radius 3 is 1.53 bits per heavy atom. The van der Waals surface area contributed by atoms with Crippen molar-refractivity contribution in [2.45, 2.75) is 0 Å². The van der Waals surface area contributed by atoms with Crippen LogP contribution in [0.1, 0.15) is 35.6 Å². The van der Waals surface area contributed by atoms with Crippen LogP contribution in [0.5, 0.6) is 0 Å². The number of fused-ring (bicyclic) bond motifs is 6. The fourth-order valence-corrected chi connectivity index (χ4v) is 5.14. The van der Waals surface area contributed by atoms with Crippen LogP contribution >= 0.6 is 0 Å². The molecule has 0 fully saturated rings. The standard InChI is InChI=1S/C42H26O/c1-2-11-28(12-3-1)41-33-15-4-6-17-35(33)42(36-18-7-5-16-34(36)41)29-23-21-27(22-24-29)31-19-10-13-30-25-38-32-14-8-9-20-39(32)43-40(38)26-37(30)31/h1-26H/i1D,2D,3D,4D,5D,6D,7D,8D,9D,10D,11D,12D,13D,14D,15D,16D,17D,18D,19D,20D,21D,22D,23D,24D,25D,26D. The first-order valence-electron chi connectivity index (χ1n) is 25.7. The van der Waals surface area contributed by atoms with Gasteiger partial charge in [-0.25, -0.2) is 0 Å². The molecule has 0 amide bonds. The lowest BCUT2D eigenvalue weighted by atomic mass is 9.85. The molecule has 1 nitrogen and oxygen atoms in total. The van der Waals surface area contributed by atoms with Crippen molar-refractivity contribution in [2.24, 2.45) is 0 Å². The molecule has 0 bridgehead atoms. The van der Waals surface area contributed by atoms with Gasteiger partial charge >= 0.3 is 0 Å². The summed E-state index contributed by atoms with van der Waals surface area (Å²) in [5.41, 5.74) is -5.49. The van der Waals surface area contributed by atoms with Crippen LogP contribution in [-0.4, -0.2) is 0 Å². The van der Waals surface area contributed by atoms with E-state index in [9.17, 15) is 13.7 Å². The largest absolute Gasteiger partial charge is 0.456 e. The average molecular weight is 573 g/mol. The normalized spacial score (nSPS) is 20.2. The summed E-state index contributed by atoms with van der Waals surface area (Å²) in [5, 5.41) is -4.62. The second kappa shape index (κ2) is 9.44. The molecule has 9 aromatic rings. The minimum Gasteiger partial charge on any atom is -0.456 e. The quantitative estimate of drug-likeness (QED) is 0.192. The highest BCUT2D eigenvalue weighted by atomic mass is 16.3. The van der Waals surface area contributed by atoms with Gasteiger partial charge in [-0.2, -0.15) is 0 Å². The maximum absolute atomic E-state index is 9.55. The fourth-order valence-electron chi connectivity index (χ4n) is 5.14. The van der Waals surface area contributed by atoms with E-state index in [0.717, 1.165) is 0 Å². The van der Waals surface area contributed by atoms with E-state index in [1.54, 1.807) is 0 Å². The highest BCUT2D eigenvalue weighted by Gasteiger charge is 2.17. The molecular weight excluding hydrogens is 520 g/mol. The van der Waals surface area contributed by atoms with Crippen LogP contribution in [0.15, 0.2) is 162 Å². The van der Waals surface area contributed by atoms with Crippen LogP contribution in [-0.2, 0) is 0 Å². The van der Waals surface area contributed by atoms with Gasteiger partial charge in [-0.05, 0) is 83.8 Å². The molecule has 0 unspecified atom stereocenters. The first kappa shape index (κ1) is 9.69. The molecule has 0 spiro atoms. The van der Waals surface area contributed by atoms with E-state index in [1.807, 2.05) is 0 Å². The Labute approximate surface area is 285 Å². The zero-order valence-corrected chi connectivity index (χ0v) is 21.4. The van der Waals surface area contributed by atoms with E-state index >= 15 is 0 Å². The molecule has 9 rings (SSSR count). The van der Waals surface area contributed by atoms with Gasteiger partial charge in [-0.15, -0.1) is 0 Å². The lowest BCUT2D eigenvalue weighted by Gasteiger charge is -2.18. The first-order chi connectivity index (χ1) is 32.2. The van der Waals surface area contributed by atoms with Crippen molar-refractivity contribution in [3.63, 3.8) is 0 Å². The maximum atomic E-state index is 9.55. The summed E-state index contributed by atoms with van der Waals surface area (Å²) in [6, 6.07) is -23.4. The zero-order chi connectivity index (χ0) is 51.0. The lowest BCUT2D eigenvalue weighted by Crippen LogP contribution is -1.90. The number of benzene rings is 8. The summed E-state index contributed by atoms with van der Waals surface area (Å²) in [7, 11) is 0. The third kappa shape index (κ3) is 3.72. The number of rotatable bonds is 3. The maximum Gasteiger partial charge on any atom is 0.136 e. The van der Waals surface area contributed by atoms with Crippen molar-refractivity contribution in [1.82, 2.24) is 0 Å². The smallest absolute Gasteiger partial charge is 0.136 e. The summed E-state index contributed by atoms with van der Waals surface area (Å²) < 4.78 is 237. The van der Waals surface area contributed by atoms with Crippen molar-refractivity contribution in [2.75, 3.05) is 0 Å². The summed E-state index contributed by atoms with van der Waals surface area (Å²) >= 11 is 0. The van der Waals surface area contributed by atoms with Gasteiger partial charge in [-0.1, -0.05) is 139 Å². The van der Waals surface area contributed by atoms with Gasteiger partial charge in [-0.3, -0.25) is 0 Å². The van der Waals surface area contributed by atoms with E-state index in [2.05, 4.69) is 0 Å². The molecule has 200 valence electrons. The minimum atomic E-state index is -1.08. The lowest BCUT2D eigenvalue weighted by molar-refractivity contribution is 0.669. The Bertz CT molecular complexity index is 3830. The summed E-state index contributed by atoms with van der Waals surface area (Å²) in [6.45, 7) is 0. The van der Waals surface area contributed by atoms with E-state index in [0.29, 0.717) is 0 Å². The second-order valence-corrected chi connectivity index (χ2v) is 9.26. The van der Waals surface area contributed by atoms with E-state index in [4.69, 9.17) is 26.3 Å². The minimum absolute atomic E-state index is 0.333. The Hall–Kier alpha value is -5.66. The summed E-state index contributed by atoms with van der Waals surface area (Å²) in [6.07, 6.45) is 0. The van der Waals surface area contributed by atoms with Gasteiger partial charge in [0.1, 0.15) is 11.2 Å². The van der Waals surface area contributed by atoms with Crippen molar-refractivity contribution in [1.29, 1.82) is 0 Å². The molecule has 1 aromatic heterocycles. The first-order valence-corrected chi connectivity index (χ1v) is 12.7. The predicted molar refractivity (Wildman–Crippen MR) is 183 cm³/mol. The third-order valence-electron chi connectivity index (χ3n) is 6.95. The molecule has 0 atom stereocenters. The molecule has 0 N–H and O–H groups in total. The monoisotopic (exact) mass is 572 g/mol. The van der Waals surface area contributed by atoms with Gasteiger partial charge in [0.25, 0.3) is 0 Å². The molecule has 1 heterocycles. The Morgan fingerprint density at radius 1 is 0.349 bits per heavy atom. The van der Waals surface area contributed by atoms with Crippen LogP contribution in [0.2, 0.25) is 0 Å². The van der Waals surface area contributed by atoms with Crippen molar-refractivity contribution in [3.05, 3.63) is 157 Å². The van der Waals surface area contributed by atoms with Crippen molar-refractivity contribution < 1.29 is 40.1 Å². The number of hydrogen-bond acceptors (Lipinski definition) is 1. The van der Waals surface area contributed by atoms with Crippen molar-refractivity contribution >= 4 is 54.3 Å². The van der Waals surface area contributed by atoms with E-state index in [1.165, 1.54) is 0 Å². The molecule has 0 aliphatic rings. The molecule has 0 aliphatic heterocycles. The molecule has 0 saturated heterocycles. The molecule has 0 saturated carbocycles. The molecule has 0 aliphatic carbocycles. The highest BCUT2D eigenvalue weighted by Crippen LogP contribution is 2.44. The average Bonchev–Trinajstić information content (AvgIpc) is 3.74. The van der Waals surface area contributed by atoms with Gasteiger partial charge in [0.05, 0.1) is 35.6 Å². The Balaban J connectivity index is 1.52. The molecule has 8 aromatic carbocycles. The van der Waals surface area contributed by atoms with Crippen LogP contribution in [0.4, 0.5) is 0 Å². The van der Waals surface area contributed by atoms with Crippen LogP contribution in [0, 0.1) is 0 Å². The van der Waals surface area contributed by atoms with Crippen LogP contribution in [0.3, 0.4) is 0 Å². The van der Waals surface area contributed by atoms with Gasteiger partial charge < -0.3 is 4.42 Å². The topological polar surface area (TPSA) is 13.1 Å². The zero-order valence-electron chi connectivity index (χ0n) is 47.4. The SMILES string of the molecule is [2H]c1c([2H])c([2H])c(-c2c3c([2H])c([2H])c([2H])c([2H])c3c(-c3c([2H])c([2H])c(-c4c([2H])c([2H])c([2H])c5c([2H])c6c(oc7c([2H])c([2H])c([2H])c([2H])c76)c([2H])c45)c([2H])c3[2H])c3c([2H])c([2H])c([2H])c([2H])c23)c([2H])c1[2H]. The van der Waals surface area contributed by atoms with E-state index in [-0.39, 0.29) is 10.8 Å². The summed E-state index contributed by atoms with van der Waals surface area (Å²) in [5.74, 6) is 0. The van der Waals surface area contributed by atoms with Gasteiger partial charge in [0, 0.05) is 10.8 Å². The molecule has 43 heavy (non-hydrogen) atoms. The Kier molecular flexibility index (Phi) is 2.13. The van der Waals surface area contributed by atoms with Crippen molar-refractivity contribution in [3.8, 4) is 33.4 Å². The summed E-state index contributed by atoms with van der Waals surface area (Å²) in [4.78, 5) is 0. The van der Waals surface area contributed by atoms with Crippen LogP contribution in [0.25, 0.3) is 87.6 Å². The number of para-hydroxylation sites is 1. The van der Waals surface area contributed by atoms with E-state index < -0.39 is 234 Å². The molecular formula is C42H26O. The number of furan rings is 1. The Morgan fingerprint density at radius 2 is 0.884 bits per heavy atom. The fraction of sp³-hybridized carbons (Fsp3) is 0. The van der Waals surface area contributed by atoms with Gasteiger partial charge in [0.15, 0.2) is 0 Å². The van der Waals surface area contributed by atoms with Crippen LogP contribution < -0.4 is 0 Å². The van der Waals surface area contributed by atoms with Gasteiger partial charge in [0.2, 0.25) is 0 Å². The number of hydrogen-bond donors (Lipinski definition) is 0. The highest BCUT2D eigenvalue weighted by molar-refractivity contribution is 6.21. The third-order valence-corrected chi connectivity index (χ3v) is 6.95. The second-order valence-electron chi connectivity index (χ2n) is 9.26. The predicted octanol–water partition coefficient (Wildman–Crippen LogP) is 12.0.